The van der Waals surface area contributed by atoms with Crippen LogP contribution in [0.4, 0.5) is 39.3 Å². The van der Waals surface area contributed by atoms with Gasteiger partial charge in [0.05, 0.1) is 36.4 Å². The fourth-order valence-corrected chi connectivity index (χ4v) is 5.48. The summed E-state index contributed by atoms with van der Waals surface area (Å²) in [5.41, 5.74) is 1.46. The lowest BCUT2D eigenvalue weighted by molar-refractivity contribution is 0.539. The summed E-state index contributed by atoms with van der Waals surface area (Å²) in [5.74, 6) is 1.90. The van der Waals surface area contributed by atoms with E-state index >= 15 is 4.39 Å². The predicted octanol–water partition coefficient (Wildman–Crippen LogP) is 10.0. The first-order valence-corrected chi connectivity index (χ1v) is 12.4. The first-order chi connectivity index (χ1) is 19.3. The van der Waals surface area contributed by atoms with E-state index in [2.05, 4.69) is 6.07 Å². The van der Waals surface area contributed by atoms with Gasteiger partial charge in [0.15, 0.2) is 0 Å². The molecule has 0 radical (unpaired) electrons. The maximum Gasteiger partial charge on any atom is 0.206 e. The van der Waals surface area contributed by atoms with Crippen molar-refractivity contribution in [3.8, 4) is 0 Å². The molecule has 0 amide bonds. The maximum atomic E-state index is 15.9. The smallest absolute Gasteiger partial charge is 0.206 e. The van der Waals surface area contributed by atoms with Crippen molar-refractivity contribution >= 4 is 67.2 Å². The van der Waals surface area contributed by atoms with E-state index in [-0.39, 0.29) is 5.82 Å². The second kappa shape index (κ2) is 8.29. The van der Waals surface area contributed by atoms with Gasteiger partial charge >= 0.3 is 0 Å². The van der Waals surface area contributed by atoms with Crippen LogP contribution in [0.1, 0.15) is 0 Å². The van der Waals surface area contributed by atoms with Crippen LogP contribution in [-0.2, 0) is 0 Å². The maximum absolute atomic E-state index is 15.9. The Morgan fingerprint density at radius 2 is 0.923 bits per heavy atom. The van der Waals surface area contributed by atoms with Crippen LogP contribution in [0.15, 0.2) is 134 Å². The van der Waals surface area contributed by atoms with Crippen LogP contribution in [0.5, 0.6) is 0 Å². The molecule has 188 valence electrons. The zero-order valence-corrected chi connectivity index (χ0v) is 20.4. The van der Waals surface area contributed by atoms with Gasteiger partial charge in [-0.15, -0.1) is 0 Å². The molecule has 0 aliphatic heterocycles. The van der Waals surface area contributed by atoms with Crippen LogP contribution in [0.2, 0.25) is 0 Å². The summed E-state index contributed by atoms with van der Waals surface area (Å²) in [6.45, 7) is 0. The minimum absolute atomic E-state index is 0.339. The van der Waals surface area contributed by atoms with Crippen molar-refractivity contribution in [1.82, 2.24) is 0 Å². The van der Waals surface area contributed by atoms with Crippen LogP contribution >= 0.6 is 0 Å². The largest absolute Gasteiger partial charge is 0.448 e. The van der Waals surface area contributed by atoms with Gasteiger partial charge in [0.25, 0.3) is 0 Å². The van der Waals surface area contributed by atoms with E-state index in [0.29, 0.717) is 34.6 Å². The van der Waals surface area contributed by atoms with Crippen molar-refractivity contribution in [2.24, 2.45) is 0 Å². The van der Waals surface area contributed by atoms with Crippen molar-refractivity contribution in [2.75, 3.05) is 9.80 Å². The van der Waals surface area contributed by atoms with E-state index in [1.807, 2.05) is 71.6 Å². The van der Waals surface area contributed by atoms with Crippen LogP contribution < -0.4 is 9.80 Å². The van der Waals surface area contributed by atoms with E-state index in [4.69, 9.17) is 17.7 Å². The molecule has 0 spiro atoms. The van der Waals surface area contributed by atoms with E-state index in [1.54, 1.807) is 42.1 Å². The van der Waals surface area contributed by atoms with Crippen LogP contribution in [0.3, 0.4) is 0 Å². The summed E-state index contributed by atoms with van der Waals surface area (Å²) in [5, 5.41) is 5.05. The zero-order valence-electron chi connectivity index (χ0n) is 20.4. The molecule has 0 unspecified atom stereocenters. The number of anilines is 6. The van der Waals surface area contributed by atoms with Gasteiger partial charge < -0.3 is 17.7 Å². The lowest BCUT2D eigenvalue weighted by atomic mass is 9.92. The van der Waals surface area contributed by atoms with E-state index in [1.165, 1.54) is 6.07 Å². The Balaban J connectivity index is 1.45. The van der Waals surface area contributed by atoms with E-state index in [0.717, 1.165) is 32.6 Å². The van der Waals surface area contributed by atoms with Crippen molar-refractivity contribution in [3.05, 3.63) is 122 Å². The van der Waals surface area contributed by atoms with Gasteiger partial charge in [-0.2, -0.15) is 0 Å². The molecule has 0 aliphatic rings. The van der Waals surface area contributed by atoms with Crippen LogP contribution in [0, 0.1) is 5.82 Å². The monoisotopic (exact) mass is 514 g/mol. The van der Waals surface area contributed by atoms with Crippen LogP contribution in [-0.4, -0.2) is 0 Å². The molecule has 8 aromatic rings. The molecule has 0 saturated carbocycles. The topological polar surface area (TPSA) is 59.0 Å². The van der Waals surface area contributed by atoms with Gasteiger partial charge in [0.1, 0.15) is 5.82 Å². The Labute approximate surface area is 221 Å². The summed E-state index contributed by atoms with van der Waals surface area (Å²) >= 11 is 0. The molecule has 6 nitrogen and oxygen atoms in total. The van der Waals surface area contributed by atoms with Crippen molar-refractivity contribution in [2.45, 2.75) is 0 Å². The van der Waals surface area contributed by atoms with Gasteiger partial charge in [0.2, 0.25) is 23.5 Å². The predicted molar refractivity (Wildman–Crippen MR) is 149 cm³/mol. The Bertz CT molecular complexity index is 1960. The fraction of sp³-hybridized carbons (Fsp3) is 0. The average molecular weight is 515 g/mol. The summed E-state index contributed by atoms with van der Waals surface area (Å²) in [4.78, 5) is 3.70. The van der Waals surface area contributed by atoms with Gasteiger partial charge in [-0.1, -0.05) is 30.3 Å². The normalized spacial score (nSPS) is 11.7. The molecule has 39 heavy (non-hydrogen) atoms. The number of benzene rings is 4. The third-order valence-corrected chi connectivity index (χ3v) is 7.07. The first kappa shape index (κ1) is 21.6. The van der Waals surface area contributed by atoms with Gasteiger partial charge in [-0.05, 0) is 47.2 Å². The molecule has 7 heteroatoms. The average Bonchev–Trinajstić information content (AvgIpc) is 3.79. The number of halogens is 1. The number of hydrogen-bond donors (Lipinski definition) is 0. The van der Waals surface area contributed by atoms with Gasteiger partial charge in [0, 0.05) is 45.8 Å². The molecular formula is C32H19FN2O4. The van der Waals surface area contributed by atoms with Crippen LogP contribution in [0.25, 0.3) is 32.3 Å². The second-order valence-electron chi connectivity index (χ2n) is 9.19. The van der Waals surface area contributed by atoms with E-state index < -0.39 is 0 Å². The summed E-state index contributed by atoms with van der Waals surface area (Å²) in [6.07, 6.45) is 6.42. The van der Waals surface area contributed by atoms with E-state index in [9.17, 15) is 0 Å². The second-order valence-corrected chi connectivity index (χ2v) is 9.19. The Kier molecular flexibility index (Phi) is 4.60. The number of rotatable bonds is 6. The van der Waals surface area contributed by atoms with Gasteiger partial charge in [-0.25, -0.2) is 9.29 Å². The highest BCUT2D eigenvalue weighted by Crippen LogP contribution is 2.48. The Morgan fingerprint density at radius 3 is 1.46 bits per heavy atom. The molecule has 0 saturated heterocycles. The molecule has 0 aliphatic carbocycles. The lowest BCUT2D eigenvalue weighted by Gasteiger charge is -2.25. The molecule has 4 aromatic heterocycles. The summed E-state index contributed by atoms with van der Waals surface area (Å²) in [6, 6.07) is 28.1. The zero-order chi connectivity index (χ0) is 25.9. The quantitative estimate of drug-likeness (QED) is 0.206. The highest BCUT2D eigenvalue weighted by atomic mass is 19.1. The van der Waals surface area contributed by atoms with Crippen molar-refractivity contribution in [1.29, 1.82) is 0 Å². The molecule has 0 fully saturated rings. The highest BCUT2D eigenvalue weighted by Gasteiger charge is 2.26. The molecule has 0 bridgehead atoms. The third kappa shape index (κ3) is 3.20. The fourth-order valence-electron chi connectivity index (χ4n) is 5.48. The summed E-state index contributed by atoms with van der Waals surface area (Å²) in [7, 11) is 0. The number of hydrogen-bond acceptors (Lipinski definition) is 6. The van der Waals surface area contributed by atoms with Crippen molar-refractivity contribution < 1.29 is 22.1 Å². The lowest BCUT2D eigenvalue weighted by Crippen LogP contribution is -2.10. The molecule has 4 aromatic carbocycles. The molecule has 8 rings (SSSR count). The number of nitrogens with zero attached hydrogens (tertiary/aromatic N) is 2. The third-order valence-electron chi connectivity index (χ3n) is 7.07. The Morgan fingerprint density at radius 1 is 0.462 bits per heavy atom. The molecule has 4 heterocycles. The standard InChI is InChI=1S/C32H19FN2O4/c33-24-19-26(35(29-7-3-17-38-29)30-8-4-18-39-30)23-11-9-20-10-14-25(22-13-12-21(24)32(23)31(20)22)34(27-5-1-15-36-27)28-6-2-16-37-28/h1-19H. The first-order valence-electron chi connectivity index (χ1n) is 12.4. The number of furan rings is 4. The minimum Gasteiger partial charge on any atom is -0.448 e. The molecule has 0 atom stereocenters. The summed E-state index contributed by atoms with van der Waals surface area (Å²) < 4.78 is 39.0. The molecule has 0 N–H and O–H groups in total. The Hall–Kier alpha value is -5.43. The highest BCUT2D eigenvalue weighted by molar-refractivity contribution is 6.28. The van der Waals surface area contributed by atoms with Crippen molar-refractivity contribution in [3.63, 3.8) is 0 Å². The minimum atomic E-state index is -0.339. The van der Waals surface area contributed by atoms with Gasteiger partial charge in [-0.3, -0.25) is 4.90 Å². The molecular weight excluding hydrogens is 495 g/mol. The SMILES string of the molecule is Fc1cc(N(c2ccco2)c2ccco2)c2ccc3ccc(N(c4ccco4)c4ccco4)c4ccc1c2c34.